The highest BCUT2D eigenvalue weighted by atomic mass is 16.5. The van der Waals surface area contributed by atoms with E-state index in [1.165, 1.54) is 0 Å². The van der Waals surface area contributed by atoms with E-state index in [4.69, 9.17) is 4.74 Å². The molecule has 1 atom stereocenters. The van der Waals surface area contributed by atoms with E-state index >= 15 is 0 Å². The second-order valence-corrected chi connectivity index (χ2v) is 7.55. The summed E-state index contributed by atoms with van der Waals surface area (Å²) in [5.41, 5.74) is 4.71. The maximum Gasteiger partial charge on any atom is 0.251 e. The summed E-state index contributed by atoms with van der Waals surface area (Å²) in [5, 5.41) is 7.59. The molecular weight excluding hydrogens is 378 g/mol. The van der Waals surface area contributed by atoms with Crippen LogP contribution in [0.1, 0.15) is 33.4 Å². The fourth-order valence-corrected chi connectivity index (χ4v) is 3.86. The second-order valence-electron chi connectivity index (χ2n) is 7.55. The zero-order valence-corrected chi connectivity index (χ0v) is 17.4. The van der Waals surface area contributed by atoms with Gasteiger partial charge in [0.05, 0.1) is 30.6 Å². The molecule has 1 amide bonds. The Hall–Kier alpha value is -3.03. The molecule has 1 aromatic carbocycles. The lowest BCUT2D eigenvalue weighted by Crippen LogP contribution is -2.43. The van der Waals surface area contributed by atoms with E-state index in [0.29, 0.717) is 25.3 Å². The third kappa shape index (κ3) is 4.58. The molecule has 1 aliphatic rings. The van der Waals surface area contributed by atoms with E-state index in [-0.39, 0.29) is 11.9 Å². The van der Waals surface area contributed by atoms with Gasteiger partial charge in [0.25, 0.3) is 5.91 Å². The van der Waals surface area contributed by atoms with E-state index in [9.17, 15) is 4.79 Å². The number of rotatable bonds is 6. The Morgan fingerprint density at radius 2 is 1.93 bits per heavy atom. The van der Waals surface area contributed by atoms with Crippen LogP contribution < -0.4 is 5.32 Å². The van der Waals surface area contributed by atoms with E-state index in [1.54, 1.807) is 6.20 Å². The van der Waals surface area contributed by atoms with Crippen molar-refractivity contribution in [2.75, 3.05) is 32.8 Å². The third-order valence-corrected chi connectivity index (χ3v) is 5.40. The molecule has 1 N–H and O–H groups in total. The van der Waals surface area contributed by atoms with Gasteiger partial charge in [-0.1, -0.05) is 6.07 Å². The number of carbonyl (C=O) groups is 1. The molecule has 1 saturated heterocycles. The molecule has 0 saturated carbocycles. The van der Waals surface area contributed by atoms with Gasteiger partial charge in [-0.2, -0.15) is 5.10 Å². The molecule has 0 radical (unpaired) electrons. The molecule has 3 aromatic rings. The smallest absolute Gasteiger partial charge is 0.251 e. The summed E-state index contributed by atoms with van der Waals surface area (Å²) in [4.78, 5) is 19.4. The molecule has 4 rings (SSSR count). The van der Waals surface area contributed by atoms with Crippen molar-refractivity contribution in [2.45, 2.75) is 19.9 Å². The van der Waals surface area contributed by atoms with E-state index in [0.717, 1.165) is 35.7 Å². The Bertz CT molecular complexity index is 979. The monoisotopic (exact) mass is 405 g/mol. The predicted molar refractivity (Wildman–Crippen MR) is 115 cm³/mol. The maximum atomic E-state index is 12.8. The minimum absolute atomic E-state index is 0.0699. The standard InChI is InChI=1S/C23H27N5O2/c1-17-14-18(2)28(26-17)21-7-5-19(6-8-21)23(29)25-16-22(20-4-3-9-24-15-20)27-10-12-30-13-11-27/h3-9,14-15,22H,10-13,16H2,1-2H3,(H,25,29)/t22-/m0/s1. The van der Waals surface area contributed by atoms with Gasteiger partial charge < -0.3 is 10.1 Å². The number of aryl methyl sites for hydroxylation is 2. The highest BCUT2D eigenvalue weighted by molar-refractivity contribution is 5.94. The van der Waals surface area contributed by atoms with Crippen LogP contribution in [0.4, 0.5) is 0 Å². The number of ether oxygens (including phenoxy) is 1. The summed E-state index contributed by atoms with van der Waals surface area (Å²) in [6, 6.07) is 13.6. The van der Waals surface area contributed by atoms with Crippen LogP contribution in [0.25, 0.3) is 5.69 Å². The van der Waals surface area contributed by atoms with Gasteiger partial charge in [0.1, 0.15) is 0 Å². The minimum atomic E-state index is -0.0860. The first-order valence-electron chi connectivity index (χ1n) is 10.3. The zero-order valence-electron chi connectivity index (χ0n) is 17.4. The molecule has 0 spiro atoms. The van der Waals surface area contributed by atoms with Crippen molar-refractivity contribution >= 4 is 5.91 Å². The number of pyridine rings is 1. The number of benzene rings is 1. The first-order chi connectivity index (χ1) is 14.6. The molecule has 0 unspecified atom stereocenters. The largest absolute Gasteiger partial charge is 0.379 e. The number of hydrogen-bond donors (Lipinski definition) is 1. The van der Waals surface area contributed by atoms with E-state index in [2.05, 4.69) is 26.4 Å². The van der Waals surface area contributed by atoms with Crippen LogP contribution in [-0.4, -0.2) is 58.4 Å². The SMILES string of the molecule is Cc1cc(C)n(-c2ccc(C(=O)NC[C@@H](c3cccnc3)N3CCOCC3)cc2)n1. The van der Waals surface area contributed by atoms with Crippen molar-refractivity contribution < 1.29 is 9.53 Å². The first kappa shape index (κ1) is 20.3. The van der Waals surface area contributed by atoms with E-state index < -0.39 is 0 Å². The molecule has 2 aromatic heterocycles. The van der Waals surface area contributed by atoms with Crippen LogP contribution in [0.5, 0.6) is 0 Å². The Kier molecular flexibility index (Phi) is 6.21. The number of carbonyl (C=O) groups excluding carboxylic acids is 1. The molecular formula is C23H27N5O2. The van der Waals surface area contributed by atoms with Crippen LogP contribution >= 0.6 is 0 Å². The van der Waals surface area contributed by atoms with Gasteiger partial charge in [-0.3, -0.25) is 14.7 Å². The van der Waals surface area contributed by atoms with Crippen molar-refractivity contribution in [3.8, 4) is 5.69 Å². The lowest BCUT2D eigenvalue weighted by atomic mass is 10.1. The first-order valence-corrected chi connectivity index (χ1v) is 10.3. The molecule has 1 fully saturated rings. The van der Waals surface area contributed by atoms with Gasteiger partial charge >= 0.3 is 0 Å². The Morgan fingerprint density at radius 1 is 1.17 bits per heavy atom. The molecule has 0 aliphatic carbocycles. The summed E-state index contributed by atoms with van der Waals surface area (Å²) in [5.74, 6) is -0.0860. The van der Waals surface area contributed by atoms with Crippen LogP contribution in [0.3, 0.4) is 0 Å². The van der Waals surface area contributed by atoms with Crippen molar-refractivity contribution in [3.63, 3.8) is 0 Å². The molecule has 7 nitrogen and oxygen atoms in total. The third-order valence-electron chi connectivity index (χ3n) is 5.40. The van der Waals surface area contributed by atoms with Crippen LogP contribution in [0, 0.1) is 13.8 Å². The molecule has 1 aliphatic heterocycles. The topological polar surface area (TPSA) is 72.3 Å². The molecule has 3 heterocycles. The lowest BCUT2D eigenvalue weighted by Gasteiger charge is -2.34. The minimum Gasteiger partial charge on any atom is -0.379 e. The highest BCUT2D eigenvalue weighted by Crippen LogP contribution is 2.21. The average molecular weight is 406 g/mol. The number of nitrogens with zero attached hydrogens (tertiary/aromatic N) is 4. The quantitative estimate of drug-likeness (QED) is 0.683. The van der Waals surface area contributed by atoms with Crippen molar-refractivity contribution in [1.29, 1.82) is 0 Å². The van der Waals surface area contributed by atoms with Gasteiger partial charge in [0, 0.05) is 43.3 Å². The molecule has 156 valence electrons. The number of nitrogens with one attached hydrogen (secondary N) is 1. The van der Waals surface area contributed by atoms with Gasteiger partial charge in [0.2, 0.25) is 0 Å². The Balaban J connectivity index is 1.44. The molecule has 0 bridgehead atoms. The molecule has 30 heavy (non-hydrogen) atoms. The second kappa shape index (κ2) is 9.19. The van der Waals surface area contributed by atoms with Gasteiger partial charge in [-0.05, 0) is 55.8 Å². The van der Waals surface area contributed by atoms with Gasteiger partial charge in [-0.15, -0.1) is 0 Å². The summed E-state index contributed by atoms with van der Waals surface area (Å²) in [6.45, 7) is 7.60. The lowest BCUT2D eigenvalue weighted by molar-refractivity contribution is 0.0161. The average Bonchev–Trinajstić information content (AvgIpc) is 3.13. The van der Waals surface area contributed by atoms with Crippen molar-refractivity contribution in [3.05, 3.63) is 77.4 Å². The fraction of sp³-hybridized carbons (Fsp3) is 0.348. The number of morpholine rings is 1. The number of amides is 1. The van der Waals surface area contributed by atoms with E-state index in [1.807, 2.05) is 61.1 Å². The summed E-state index contributed by atoms with van der Waals surface area (Å²) in [6.07, 6.45) is 3.64. The van der Waals surface area contributed by atoms with Crippen LogP contribution in [0.15, 0.2) is 54.9 Å². The van der Waals surface area contributed by atoms with Crippen molar-refractivity contribution in [1.82, 2.24) is 25.0 Å². The van der Waals surface area contributed by atoms with Gasteiger partial charge in [-0.25, -0.2) is 4.68 Å². The number of aromatic nitrogens is 3. The Morgan fingerprint density at radius 3 is 2.57 bits per heavy atom. The van der Waals surface area contributed by atoms with Gasteiger partial charge in [0.15, 0.2) is 0 Å². The predicted octanol–water partition coefficient (Wildman–Crippen LogP) is 2.69. The summed E-state index contributed by atoms with van der Waals surface area (Å²) in [7, 11) is 0. The zero-order chi connectivity index (χ0) is 20.9. The number of hydrogen-bond acceptors (Lipinski definition) is 5. The maximum absolute atomic E-state index is 12.8. The summed E-state index contributed by atoms with van der Waals surface area (Å²) >= 11 is 0. The highest BCUT2D eigenvalue weighted by Gasteiger charge is 2.23. The van der Waals surface area contributed by atoms with Crippen LogP contribution in [-0.2, 0) is 4.74 Å². The summed E-state index contributed by atoms with van der Waals surface area (Å²) < 4.78 is 7.37. The van der Waals surface area contributed by atoms with Crippen LogP contribution in [0.2, 0.25) is 0 Å². The fourth-order valence-electron chi connectivity index (χ4n) is 3.86. The normalized spacial score (nSPS) is 15.7. The van der Waals surface area contributed by atoms with Crippen molar-refractivity contribution in [2.24, 2.45) is 0 Å². The molecule has 7 heteroatoms. The Labute approximate surface area is 176 Å².